The molecule has 0 saturated heterocycles. The van der Waals surface area contributed by atoms with E-state index in [4.69, 9.17) is 16.4 Å². The average Bonchev–Trinajstić information content (AvgIpc) is 2.13. The average molecular weight is 220 g/mol. The predicted molar refractivity (Wildman–Crippen MR) is 51.3 cm³/mol. The summed E-state index contributed by atoms with van der Waals surface area (Å²) in [6, 6.07) is 1.18. The van der Waals surface area contributed by atoms with Crippen molar-refractivity contribution in [2.75, 3.05) is 13.3 Å². The summed E-state index contributed by atoms with van der Waals surface area (Å²) in [5.41, 5.74) is 10.2. The van der Waals surface area contributed by atoms with E-state index >= 15 is 0 Å². The van der Waals surface area contributed by atoms with Crippen molar-refractivity contribution in [2.45, 2.75) is 12.5 Å². The van der Waals surface area contributed by atoms with Gasteiger partial charge in [0.1, 0.15) is 6.16 Å². The summed E-state index contributed by atoms with van der Waals surface area (Å²) in [4.78, 5) is 20.1. The second-order valence-electron chi connectivity index (χ2n) is 2.58. The van der Waals surface area contributed by atoms with Crippen molar-refractivity contribution in [3.8, 4) is 12.0 Å². The van der Waals surface area contributed by atoms with Crippen molar-refractivity contribution in [2.24, 2.45) is 11.5 Å². The highest BCUT2D eigenvalue weighted by atomic mass is 31.2. The molecule has 0 aliphatic rings. The highest BCUT2D eigenvalue weighted by Gasteiger charge is 2.25. The van der Waals surface area contributed by atoms with Crippen LogP contribution in [0.5, 0.6) is 0 Å². The summed E-state index contributed by atoms with van der Waals surface area (Å²) in [6.45, 7) is 0. The summed E-state index contributed by atoms with van der Waals surface area (Å²) in [6.07, 6.45) is -0.532. The molecule has 6 nitrogen and oxygen atoms in total. The van der Waals surface area contributed by atoms with E-state index in [0.717, 1.165) is 7.11 Å². The Morgan fingerprint density at radius 2 is 2.29 bits per heavy atom. The molecule has 2 atom stereocenters. The van der Waals surface area contributed by atoms with Crippen LogP contribution in [0.4, 0.5) is 0 Å². The maximum atomic E-state index is 11.2. The van der Waals surface area contributed by atoms with Gasteiger partial charge in [-0.2, -0.15) is 0 Å². The molecule has 1 unspecified atom stereocenters. The number of hydrogen-bond acceptors (Lipinski definition) is 5. The lowest BCUT2D eigenvalue weighted by molar-refractivity contribution is -0.118. The van der Waals surface area contributed by atoms with Crippen molar-refractivity contribution in [3.05, 3.63) is 0 Å². The van der Waals surface area contributed by atoms with Gasteiger partial charge in [0, 0.05) is 19.6 Å². The number of carbonyl (C=O) groups excluding carboxylic acids is 1. The lowest BCUT2D eigenvalue weighted by Gasteiger charge is -2.10. The Hall–Kier alpha value is -0.860. The standard InChI is InChI=1S/C7H13N2O4P/c1-13-14(11,12)5-7(10)6(9)3-2-4-8/h6H,3,5,8-9H2,1H3,(H,11,12)/t6-/m0/s1. The van der Waals surface area contributed by atoms with Crippen LogP contribution in [0.3, 0.4) is 0 Å². The van der Waals surface area contributed by atoms with Crippen molar-refractivity contribution in [1.29, 1.82) is 0 Å². The Labute approximate surface area is 82.1 Å². The number of nitrogens with two attached hydrogens (primary N) is 2. The van der Waals surface area contributed by atoms with Crippen LogP contribution < -0.4 is 11.5 Å². The molecular weight excluding hydrogens is 207 g/mol. The van der Waals surface area contributed by atoms with E-state index in [1.807, 2.05) is 0 Å². The third-order valence-electron chi connectivity index (χ3n) is 1.48. The normalized spacial score (nSPS) is 16.2. The van der Waals surface area contributed by atoms with Crippen LogP contribution in [0.2, 0.25) is 0 Å². The van der Waals surface area contributed by atoms with Crippen LogP contribution in [-0.4, -0.2) is 30.0 Å². The van der Waals surface area contributed by atoms with Crippen molar-refractivity contribution < 1.29 is 18.8 Å². The smallest absolute Gasteiger partial charge is 0.335 e. The molecule has 14 heavy (non-hydrogen) atoms. The number of rotatable bonds is 5. The minimum absolute atomic E-state index is 0.0685. The first-order valence-corrected chi connectivity index (χ1v) is 5.53. The maximum Gasteiger partial charge on any atom is 0.335 e. The highest BCUT2D eigenvalue weighted by Crippen LogP contribution is 2.40. The van der Waals surface area contributed by atoms with Crippen molar-refractivity contribution >= 4 is 13.4 Å². The molecule has 5 N–H and O–H groups in total. The predicted octanol–water partition coefficient (Wildman–Crippen LogP) is -0.976. The third-order valence-corrected chi connectivity index (χ3v) is 2.76. The molecule has 0 bridgehead atoms. The zero-order valence-electron chi connectivity index (χ0n) is 7.77. The zero-order chi connectivity index (χ0) is 11.2. The van der Waals surface area contributed by atoms with E-state index < -0.39 is 25.6 Å². The molecule has 0 fully saturated rings. The Morgan fingerprint density at radius 1 is 1.71 bits per heavy atom. The summed E-state index contributed by atoms with van der Waals surface area (Å²) in [7, 11) is -2.77. The van der Waals surface area contributed by atoms with Gasteiger partial charge in [-0.15, -0.1) is 0 Å². The number of ketones is 1. The molecule has 0 rings (SSSR count). The van der Waals surface area contributed by atoms with Crippen LogP contribution in [0.1, 0.15) is 6.42 Å². The van der Waals surface area contributed by atoms with Gasteiger partial charge in [-0.05, 0) is 0 Å². The molecule has 80 valence electrons. The summed E-state index contributed by atoms with van der Waals surface area (Å²) >= 11 is 0. The Morgan fingerprint density at radius 3 is 2.71 bits per heavy atom. The van der Waals surface area contributed by atoms with Crippen LogP contribution >= 0.6 is 7.60 Å². The number of hydrogen-bond donors (Lipinski definition) is 3. The van der Waals surface area contributed by atoms with Crippen LogP contribution in [0, 0.1) is 12.0 Å². The van der Waals surface area contributed by atoms with Gasteiger partial charge in [-0.25, -0.2) is 0 Å². The van der Waals surface area contributed by atoms with Crippen molar-refractivity contribution in [1.82, 2.24) is 0 Å². The van der Waals surface area contributed by atoms with Gasteiger partial charge < -0.3 is 20.9 Å². The molecule has 0 aliphatic heterocycles. The maximum absolute atomic E-state index is 11.2. The van der Waals surface area contributed by atoms with Crippen LogP contribution in [0.15, 0.2) is 0 Å². The van der Waals surface area contributed by atoms with E-state index in [1.54, 1.807) is 0 Å². The van der Waals surface area contributed by atoms with Crippen LogP contribution in [0.25, 0.3) is 0 Å². The fraction of sp³-hybridized carbons (Fsp3) is 0.571. The van der Waals surface area contributed by atoms with Gasteiger partial charge in [-0.3, -0.25) is 9.36 Å². The van der Waals surface area contributed by atoms with Crippen molar-refractivity contribution in [3.63, 3.8) is 0 Å². The van der Waals surface area contributed by atoms with E-state index in [2.05, 4.69) is 16.5 Å². The van der Waals surface area contributed by atoms with Crippen LogP contribution in [-0.2, 0) is 13.9 Å². The number of Topliss-reactive ketones (excluding diaryl/α,β-unsaturated/α-hetero) is 1. The van der Waals surface area contributed by atoms with Gasteiger partial charge >= 0.3 is 7.60 Å². The van der Waals surface area contributed by atoms with Gasteiger partial charge in [0.05, 0.1) is 6.04 Å². The molecule has 0 heterocycles. The quantitative estimate of drug-likeness (QED) is 0.311. The van der Waals surface area contributed by atoms with Gasteiger partial charge in [0.2, 0.25) is 0 Å². The van der Waals surface area contributed by atoms with Gasteiger partial charge in [0.15, 0.2) is 5.78 Å². The molecule has 0 aromatic rings. The molecule has 0 radical (unpaired) electrons. The van der Waals surface area contributed by atoms with E-state index in [0.29, 0.717) is 0 Å². The second kappa shape index (κ2) is 5.78. The minimum Gasteiger partial charge on any atom is -0.359 e. The fourth-order valence-corrected chi connectivity index (χ4v) is 1.42. The van der Waals surface area contributed by atoms with E-state index in [9.17, 15) is 9.36 Å². The summed E-state index contributed by atoms with van der Waals surface area (Å²) in [5, 5.41) is 0. The molecule has 0 amide bonds. The molecular formula is C7H13N2O4P. The SMILES string of the molecule is COP(=O)(O)CC(=O)[C@@H](N)CC#CN. The van der Waals surface area contributed by atoms with E-state index in [-0.39, 0.29) is 6.42 Å². The molecule has 0 aromatic carbocycles. The van der Waals surface area contributed by atoms with Gasteiger partial charge in [0.25, 0.3) is 0 Å². The molecule has 0 spiro atoms. The second-order valence-corrected chi connectivity index (χ2v) is 4.53. The lowest BCUT2D eigenvalue weighted by Crippen LogP contribution is -2.32. The first-order chi connectivity index (χ1) is 6.43. The Kier molecular flexibility index (Phi) is 5.43. The molecule has 0 aliphatic carbocycles. The third kappa shape index (κ3) is 5.00. The van der Waals surface area contributed by atoms with E-state index in [1.165, 1.54) is 0 Å². The molecule has 0 aromatic heterocycles. The zero-order valence-corrected chi connectivity index (χ0v) is 8.66. The summed E-state index contributed by atoms with van der Waals surface area (Å²) < 4.78 is 15.2. The Bertz CT molecular complexity index is 307. The Balaban J connectivity index is 4.19. The monoisotopic (exact) mass is 220 g/mol. The van der Waals surface area contributed by atoms with Gasteiger partial charge in [-0.1, -0.05) is 5.92 Å². The largest absolute Gasteiger partial charge is 0.359 e. The molecule has 7 heteroatoms. The minimum atomic E-state index is -3.82. The topological polar surface area (TPSA) is 116 Å². The number of carbonyl (C=O) groups is 1. The lowest BCUT2D eigenvalue weighted by atomic mass is 10.1. The first kappa shape index (κ1) is 13.1. The first-order valence-electron chi connectivity index (χ1n) is 3.77. The fourth-order valence-electron chi connectivity index (χ4n) is 0.661. The summed E-state index contributed by atoms with van der Waals surface area (Å²) in [5.74, 6) is 1.83. The molecule has 0 saturated carbocycles. The highest BCUT2D eigenvalue weighted by molar-refractivity contribution is 7.53.